The summed E-state index contributed by atoms with van der Waals surface area (Å²) in [6, 6.07) is 0.108. The first-order valence-electron chi connectivity index (χ1n) is 16.1. The van der Waals surface area contributed by atoms with Crippen molar-refractivity contribution in [3.05, 3.63) is 22.7 Å². The maximum absolute atomic E-state index is 14.5. The smallest absolute Gasteiger partial charge is 0.289 e. The van der Waals surface area contributed by atoms with Gasteiger partial charge in [-0.25, -0.2) is 0 Å². The van der Waals surface area contributed by atoms with E-state index in [4.69, 9.17) is 25.9 Å². The van der Waals surface area contributed by atoms with Gasteiger partial charge in [-0.1, -0.05) is 71.6 Å². The van der Waals surface area contributed by atoms with Gasteiger partial charge in [0.2, 0.25) is 23.5 Å². The van der Waals surface area contributed by atoms with Crippen molar-refractivity contribution in [2.75, 3.05) is 27.8 Å². The number of nitrogens with zero attached hydrogens (tertiary/aromatic N) is 2. The van der Waals surface area contributed by atoms with Gasteiger partial charge in [0.05, 0.1) is 37.5 Å². The average Bonchev–Trinajstić information content (AvgIpc) is 3.60. The van der Waals surface area contributed by atoms with Crippen LogP contribution in [0, 0.1) is 10.8 Å². The highest BCUT2D eigenvalue weighted by atomic mass is 35.5. The Kier molecular flexibility index (Phi) is 12.2. The van der Waals surface area contributed by atoms with Crippen LogP contribution in [0.25, 0.3) is 0 Å². The molecule has 2 aliphatic rings. The van der Waals surface area contributed by atoms with Crippen molar-refractivity contribution in [3.8, 4) is 11.5 Å². The topological polar surface area (TPSA) is 165 Å². The Morgan fingerprint density at radius 1 is 1.06 bits per heavy atom. The summed E-state index contributed by atoms with van der Waals surface area (Å²) in [7, 11) is 4.33. The fourth-order valence-electron chi connectivity index (χ4n) is 5.97. The molecule has 4 amide bonds. The van der Waals surface area contributed by atoms with Crippen molar-refractivity contribution in [2.45, 2.75) is 104 Å². The van der Waals surface area contributed by atoms with Gasteiger partial charge in [-0.15, -0.1) is 0 Å². The maximum Gasteiger partial charge on any atom is 0.289 e. The molecule has 3 rings (SSSR count). The van der Waals surface area contributed by atoms with E-state index < -0.39 is 52.6 Å². The molecule has 1 spiro atoms. The van der Waals surface area contributed by atoms with Gasteiger partial charge in [-0.3, -0.25) is 24.0 Å². The van der Waals surface area contributed by atoms with Crippen LogP contribution in [0.2, 0.25) is 5.02 Å². The van der Waals surface area contributed by atoms with Crippen molar-refractivity contribution in [2.24, 2.45) is 16.0 Å². The zero-order valence-corrected chi connectivity index (χ0v) is 30.4. The van der Waals surface area contributed by atoms with Crippen LogP contribution < -0.4 is 25.4 Å². The number of hydrogen-bond acceptors (Lipinski definition) is 9. The third kappa shape index (κ3) is 8.97. The molecule has 0 radical (unpaired) electrons. The number of ether oxygens (including phenoxy) is 2. The molecule has 1 aromatic carbocycles. The van der Waals surface area contributed by atoms with Gasteiger partial charge in [0.1, 0.15) is 23.6 Å². The number of likely N-dealkylation sites (tertiary alicyclic amines) is 1. The van der Waals surface area contributed by atoms with E-state index in [0.29, 0.717) is 34.2 Å². The molecule has 0 aromatic heterocycles. The second kappa shape index (κ2) is 15.1. The molecule has 1 aromatic rings. The Morgan fingerprint density at radius 3 is 2.25 bits per heavy atom. The highest BCUT2D eigenvalue weighted by molar-refractivity contribution is 6.38. The Hall–Kier alpha value is -3.87. The Bertz CT molecular complexity index is 1450. The molecule has 1 saturated heterocycles. The number of carbonyl (C=O) groups excluding carboxylic acids is 5. The van der Waals surface area contributed by atoms with E-state index in [-0.39, 0.29) is 43.6 Å². The lowest BCUT2D eigenvalue weighted by molar-refractivity contribution is -0.145. The summed E-state index contributed by atoms with van der Waals surface area (Å²) in [5, 5.41) is 12.6. The van der Waals surface area contributed by atoms with Crippen LogP contribution in [0.3, 0.4) is 0 Å². The normalized spacial score (nSPS) is 20.4. The van der Waals surface area contributed by atoms with Crippen LogP contribution in [0.15, 0.2) is 17.3 Å². The summed E-state index contributed by atoms with van der Waals surface area (Å²) in [5.74, 6) is -2.15. The molecule has 2 heterocycles. The van der Waals surface area contributed by atoms with Crippen LogP contribution >= 0.6 is 11.6 Å². The summed E-state index contributed by atoms with van der Waals surface area (Å²) in [5.41, 5.74) is -1.11. The number of halogens is 1. The van der Waals surface area contributed by atoms with Gasteiger partial charge in [0.15, 0.2) is 5.60 Å². The fourth-order valence-corrected chi connectivity index (χ4v) is 6.22. The standard InChI is InChI=1S/C34H50ClN5O8/c1-11-12-21(27(42)30(44)36-8)37-29(43)23-16-34(15-22(39-48-34)19-13-20(35)25(47-10)14-24(19)46-9)18-40(23)31(45)28(33(5,6)7)38-26(41)17-32(2,3)4/h13-14,21,23,28H,11-12,15-18H2,1-10H3,(H,36,44)(H,37,43)(H,38,41)/t21-,23-,28+,34+/m0/s1. The number of nitrogens with one attached hydrogen (secondary N) is 3. The average molecular weight is 692 g/mol. The fraction of sp³-hybridized carbons (Fsp3) is 0.647. The van der Waals surface area contributed by atoms with Gasteiger partial charge < -0.3 is 35.2 Å². The summed E-state index contributed by atoms with van der Waals surface area (Å²) in [6.07, 6.45) is 1.16. The number of ketones is 1. The molecular weight excluding hydrogens is 642 g/mol. The first-order valence-corrected chi connectivity index (χ1v) is 16.5. The molecule has 0 unspecified atom stereocenters. The summed E-state index contributed by atoms with van der Waals surface area (Å²) >= 11 is 6.44. The van der Waals surface area contributed by atoms with Gasteiger partial charge in [0.25, 0.3) is 5.91 Å². The van der Waals surface area contributed by atoms with E-state index in [1.54, 1.807) is 12.1 Å². The number of benzene rings is 1. The second-order valence-electron chi connectivity index (χ2n) is 14.8. The number of hydrogen-bond donors (Lipinski definition) is 3. The van der Waals surface area contributed by atoms with Gasteiger partial charge >= 0.3 is 0 Å². The van der Waals surface area contributed by atoms with E-state index in [9.17, 15) is 24.0 Å². The molecule has 13 nitrogen and oxygen atoms in total. The lowest BCUT2D eigenvalue weighted by Gasteiger charge is -2.36. The lowest BCUT2D eigenvalue weighted by Crippen LogP contribution is -2.59. The molecular formula is C34H50ClN5O8. The van der Waals surface area contributed by atoms with E-state index in [1.807, 2.05) is 48.5 Å². The SMILES string of the molecule is CCC[C@H](NC(=O)[C@@H]1C[C@]2(CC(c3cc(Cl)c(OC)cc3OC)=NO2)CN1C(=O)[C@@H](NC(=O)CC(C)(C)C)C(C)(C)C)C(=O)C(=O)NC. The Labute approximate surface area is 287 Å². The van der Waals surface area contributed by atoms with Crippen molar-refractivity contribution < 1.29 is 38.3 Å². The number of rotatable bonds is 12. The van der Waals surface area contributed by atoms with Crippen molar-refractivity contribution >= 4 is 46.7 Å². The third-order valence-corrected chi connectivity index (χ3v) is 8.68. The molecule has 3 N–H and O–H groups in total. The largest absolute Gasteiger partial charge is 0.496 e. The Balaban J connectivity index is 2.01. The highest BCUT2D eigenvalue weighted by Gasteiger charge is 2.56. The van der Waals surface area contributed by atoms with Crippen molar-refractivity contribution in [1.82, 2.24) is 20.9 Å². The predicted octanol–water partition coefficient (Wildman–Crippen LogP) is 3.39. The number of Topliss-reactive ketones (excluding diaryl/α,β-unsaturated/α-hetero) is 1. The van der Waals surface area contributed by atoms with Crippen LogP contribution in [0.5, 0.6) is 11.5 Å². The first kappa shape index (κ1) is 38.6. The molecule has 4 atom stereocenters. The van der Waals surface area contributed by atoms with E-state index >= 15 is 0 Å². The zero-order chi connectivity index (χ0) is 36.2. The molecule has 0 aliphatic carbocycles. The number of carbonyl (C=O) groups is 5. The minimum absolute atomic E-state index is 0.0313. The number of oxime groups is 1. The van der Waals surface area contributed by atoms with Crippen molar-refractivity contribution in [3.63, 3.8) is 0 Å². The summed E-state index contributed by atoms with van der Waals surface area (Å²) in [6.45, 7) is 13.1. The maximum atomic E-state index is 14.5. The molecule has 2 aliphatic heterocycles. The van der Waals surface area contributed by atoms with Gasteiger partial charge in [-0.05, 0) is 23.3 Å². The third-order valence-electron chi connectivity index (χ3n) is 8.38. The summed E-state index contributed by atoms with van der Waals surface area (Å²) in [4.78, 5) is 74.1. The minimum atomic E-state index is -1.12. The quantitative estimate of drug-likeness (QED) is 0.281. The zero-order valence-electron chi connectivity index (χ0n) is 29.7. The predicted molar refractivity (Wildman–Crippen MR) is 181 cm³/mol. The number of methoxy groups -OCH3 is 2. The van der Waals surface area contributed by atoms with Crippen LogP contribution in [0.1, 0.15) is 86.1 Å². The van der Waals surface area contributed by atoms with E-state index in [2.05, 4.69) is 21.1 Å². The van der Waals surface area contributed by atoms with Crippen LogP contribution in [-0.4, -0.2) is 91.6 Å². The lowest BCUT2D eigenvalue weighted by atomic mass is 9.84. The molecule has 0 bridgehead atoms. The van der Waals surface area contributed by atoms with E-state index in [1.165, 1.54) is 26.2 Å². The van der Waals surface area contributed by atoms with Gasteiger partial charge in [0, 0.05) is 37.9 Å². The van der Waals surface area contributed by atoms with Gasteiger partial charge in [-0.2, -0.15) is 0 Å². The second-order valence-corrected chi connectivity index (χ2v) is 15.2. The monoisotopic (exact) mass is 691 g/mol. The molecule has 48 heavy (non-hydrogen) atoms. The minimum Gasteiger partial charge on any atom is -0.496 e. The molecule has 14 heteroatoms. The highest BCUT2D eigenvalue weighted by Crippen LogP contribution is 2.42. The molecule has 0 saturated carbocycles. The van der Waals surface area contributed by atoms with E-state index in [0.717, 1.165) is 0 Å². The summed E-state index contributed by atoms with van der Waals surface area (Å²) < 4.78 is 10.9. The molecule has 1 fully saturated rings. The number of likely N-dealkylation sites (N-methyl/N-ethyl adjacent to an activating group) is 1. The Morgan fingerprint density at radius 2 is 1.71 bits per heavy atom. The molecule has 266 valence electrons. The van der Waals surface area contributed by atoms with Crippen LogP contribution in [0.4, 0.5) is 0 Å². The first-order chi connectivity index (χ1) is 22.3. The number of amides is 4. The van der Waals surface area contributed by atoms with Crippen molar-refractivity contribution in [1.29, 1.82) is 0 Å². The van der Waals surface area contributed by atoms with Crippen LogP contribution in [-0.2, 0) is 28.8 Å².